The van der Waals surface area contributed by atoms with Crippen LogP contribution in [0, 0.1) is 5.82 Å². The van der Waals surface area contributed by atoms with E-state index in [9.17, 15) is 9.50 Å². The van der Waals surface area contributed by atoms with Gasteiger partial charge in [-0.15, -0.1) is 0 Å². The number of aliphatic hydroxyl groups excluding tert-OH is 1. The Labute approximate surface area is 122 Å². The maximum atomic E-state index is 13.9. The van der Waals surface area contributed by atoms with Crippen LogP contribution in [0.15, 0.2) is 22.7 Å². The maximum Gasteiger partial charge on any atom is 0.128 e. The third-order valence-corrected chi connectivity index (χ3v) is 4.24. The normalized spacial score (nSPS) is 22.4. The number of benzene rings is 1. The highest BCUT2D eigenvalue weighted by atomic mass is 79.9. The van der Waals surface area contributed by atoms with Crippen LogP contribution in [0.5, 0.6) is 0 Å². The number of hydrogen-bond donors (Lipinski definition) is 1. The van der Waals surface area contributed by atoms with Gasteiger partial charge < -0.3 is 5.11 Å². The summed E-state index contributed by atoms with van der Waals surface area (Å²) in [6.45, 7) is 3.45. The van der Waals surface area contributed by atoms with Crippen molar-refractivity contribution in [2.24, 2.45) is 0 Å². The van der Waals surface area contributed by atoms with Gasteiger partial charge in [0.25, 0.3) is 0 Å². The van der Waals surface area contributed by atoms with Crippen LogP contribution in [-0.4, -0.2) is 28.7 Å². The van der Waals surface area contributed by atoms with Crippen LogP contribution >= 0.6 is 15.9 Å². The summed E-state index contributed by atoms with van der Waals surface area (Å²) in [5.74, 6) is -0.157. The van der Waals surface area contributed by atoms with Crippen molar-refractivity contribution >= 4 is 15.9 Å². The molecule has 19 heavy (non-hydrogen) atoms. The fraction of sp³-hybridized carbons (Fsp3) is 0.600. The molecule has 0 aromatic heterocycles. The standard InChI is InChI=1S/C15H21BrFNO/c1-11(19)8-14-4-2-3-7-18(14)10-12-5-6-13(16)9-15(12)17/h5-6,9,11,14,19H,2-4,7-8,10H2,1H3. The van der Waals surface area contributed by atoms with Crippen molar-refractivity contribution in [3.8, 4) is 0 Å². The number of rotatable bonds is 4. The van der Waals surface area contributed by atoms with E-state index in [1.54, 1.807) is 0 Å². The summed E-state index contributed by atoms with van der Waals surface area (Å²) in [5.41, 5.74) is 0.737. The fourth-order valence-electron chi connectivity index (χ4n) is 2.80. The van der Waals surface area contributed by atoms with Crippen LogP contribution in [0.1, 0.15) is 38.2 Å². The lowest BCUT2D eigenvalue weighted by molar-refractivity contribution is 0.0810. The van der Waals surface area contributed by atoms with Crippen molar-refractivity contribution in [2.75, 3.05) is 6.54 Å². The first-order valence-corrected chi connectivity index (χ1v) is 7.71. The second kappa shape index (κ2) is 6.82. The van der Waals surface area contributed by atoms with E-state index in [1.165, 1.54) is 12.5 Å². The molecule has 1 fully saturated rings. The molecule has 2 nitrogen and oxygen atoms in total. The van der Waals surface area contributed by atoms with Crippen LogP contribution in [0.2, 0.25) is 0 Å². The van der Waals surface area contributed by atoms with Crippen molar-refractivity contribution < 1.29 is 9.50 Å². The Balaban J connectivity index is 2.06. The molecule has 2 unspecified atom stereocenters. The molecule has 0 radical (unpaired) electrons. The van der Waals surface area contributed by atoms with Gasteiger partial charge in [0.05, 0.1) is 6.10 Å². The molecule has 0 amide bonds. The van der Waals surface area contributed by atoms with E-state index >= 15 is 0 Å². The highest BCUT2D eigenvalue weighted by molar-refractivity contribution is 9.10. The molecular weight excluding hydrogens is 309 g/mol. The third kappa shape index (κ3) is 4.26. The van der Waals surface area contributed by atoms with Gasteiger partial charge in [-0.3, -0.25) is 4.90 Å². The minimum Gasteiger partial charge on any atom is -0.393 e. The molecule has 1 aliphatic heterocycles. The number of hydrogen-bond acceptors (Lipinski definition) is 2. The minimum atomic E-state index is -0.291. The topological polar surface area (TPSA) is 23.5 Å². The van der Waals surface area contributed by atoms with Gasteiger partial charge in [0, 0.05) is 22.6 Å². The molecule has 1 aromatic carbocycles. The molecule has 1 aromatic rings. The molecule has 1 saturated heterocycles. The van der Waals surface area contributed by atoms with E-state index in [2.05, 4.69) is 20.8 Å². The summed E-state index contributed by atoms with van der Waals surface area (Å²) in [4.78, 5) is 2.31. The fourth-order valence-corrected chi connectivity index (χ4v) is 3.13. The molecule has 0 spiro atoms. The molecule has 4 heteroatoms. The average molecular weight is 330 g/mol. The van der Waals surface area contributed by atoms with E-state index in [0.29, 0.717) is 12.6 Å². The molecule has 0 saturated carbocycles. The largest absolute Gasteiger partial charge is 0.393 e. The zero-order chi connectivity index (χ0) is 13.8. The molecule has 0 aliphatic carbocycles. The first-order valence-electron chi connectivity index (χ1n) is 6.92. The summed E-state index contributed by atoms with van der Waals surface area (Å²) < 4.78 is 14.7. The molecule has 2 atom stereocenters. The summed E-state index contributed by atoms with van der Waals surface area (Å²) in [5, 5.41) is 9.57. The maximum absolute atomic E-state index is 13.9. The predicted octanol–water partition coefficient (Wildman–Crippen LogP) is 3.71. The second-order valence-electron chi connectivity index (χ2n) is 5.44. The molecule has 1 heterocycles. The Bertz CT molecular complexity index is 425. The minimum absolute atomic E-state index is 0.157. The zero-order valence-corrected chi connectivity index (χ0v) is 12.9. The quantitative estimate of drug-likeness (QED) is 0.910. The number of nitrogens with zero attached hydrogens (tertiary/aromatic N) is 1. The first kappa shape index (κ1) is 14.9. The number of aliphatic hydroxyl groups is 1. The first-order chi connectivity index (χ1) is 9.06. The lowest BCUT2D eigenvalue weighted by Gasteiger charge is -2.36. The van der Waals surface area contributed by atoms with Gasteiger partial charge in [0.2, 0.25) is 0 Å². The van der Waals surface area contributed by atoms with E-state index in [0.717, 1.165) is 35.8 Å². The third-order valence-electron chi connectivity index (χ3n) is 3.75. The Morgan fingerprint density at radius 2 is 2.26 bits per heavy atom. The Morgan fingerprint density at radius 1 is 1.47 bits per heavy atom. The van der Waals surface area contributed by atoms with Crippen molar-refractivity contribution in [2.45, 2.75) is 51.3 Å². The van der Waals surface area contributed by atoms with Crippen molar-refractivity contribution in [1.82, 2.24) is 4.90 Å². The van der Waals surface area contributed by atoms with Crippen molar-refractivity contribution in [3.63, 3.8) is 0 Å². The van der Waals surface area contributed by atoms with Crippen LogP contribution in [-0.2, 0) is 6.54 Å². The van der Waals surface area contributed by atoms with Gasteiger partial charge >= 0.3 is 0 Å². The van der Waals surface area contributed by atoms with Crippen LogP contribution < -0.4 is 0 Å². The predicted molar refractivity (Wildman–Crippen MR) is 78.4 cm³/mol. The zero-order valence-electron chi connectivity index (χ0n) is 11.3. The highest BCUT2D eigenvalue weighted by Gasteiger charge is 2.24. The summed E-state index contributed by atoms with van der Waals surface area (Å²) in [6.07, 6.45) is 3.95. The van der Waals surface area contributed by atoms with Crippen LogP contribution in [0.4, 0.5) is 4.39 Å². The Morgan fingerprint density at radius 3 is 2.95 bits per heavy atom. The summed E-state index contributed by atoms with van der Waals surface area (Å²) in [7, 11) is 0. The highest BCUT2D eigenvalue weighted by Crippen LogP contribution is 2.24. The van der Waals surface area contributed by atoms with Gasteiger partial charge in [0.1, 0.15) is 5.82 Å². The molecule has 2 rings (SSSR count). The average Bonchev–Trinajstić information content (AvgIpc) is 2.34. The number of piperidine rings is 1. The van der Waals surface area contributed by atoms with Crippen LogP contribution in [0.25, 0.3) is 0 Å². The van der Waals surface area contributed by atoms with Gasteiger partial charge in [0.15, 0.2) is 0 Å². The Hall–Kier alpha value is -0.450. The molecule has 106 valence electrons. The second-order valence-corrected chi connectivity index (χ2v) is 6.36. The summed E-state index contributed by atoms with van der Waals surface area (Å²) >= 11 is 3.28. The van der Waals surface area contributed by atoms with Gasteiger partial charge in [-0.1, -0.05) is 28.4 Å². The molecular formula is C15H21BrFNO. The van der Waals surface area contributed by atoms with Crippen LogP contribution in [0.3, 0.4) is 0 Å². The van der Waals surface area contributed by atoms with Crippen molar-refractivity contribution in [1.29, 1.82) is 0 Å². The van der Waals surface area contributed by atoms with E-state index in [4.69, 9.17) is 0 Å². The van der Waals surface area contributed by atoms with Gasteiger partial charge in [-0.2, -0.15) is 0 Å². The number of halogens is 2. The smallest absolute Gasteiger partial charge is 0.128 e. The van der Waals surface area contributed by atoms with E-state index in [1.807, 2.05) is 19.1 Å². The lowest BCUT2D eigenvalue weighted by Crippen LogP contribution is -2.40. The van der Waals surface area contributed by atoms with Gasteiger partial charge in [-0.25, -0.2) is 4.39 Å². The van der Waals surface area contributed by atoms with Crippen molar-refractivity contribution in [3.05, 3.63) is 34.1 Å². The van der Waals surface area contributed by atoms with E-state index in [-0.39, 0.29) is 11.9 Å². The summed E-state index contributed by atoms with van der Waals surface area (Å²) in [6, 6.07) is 5.61. The van der Waals surface area contributed by atoms with Gasteiger partial charge in [-0.05, 0) is 44.9 Å². The molecule has 1 aliphatic rings. The van der Waals surface area contributed by atoms with E-state index < -0.39 is 0 Å². The number of likely N-dealkylation sites (tertiary alicyclic amines) is 1. The SMILES string of the molecule is CC(O)CC1CCCCN1Cc1ccc(Br)cc1F. The Kier molecular flexibility index (Phi) is 5.37. The monoisotopic (exact) mass is 329 g/mol. The molecule has 0 bridgehead atoms. The molecule has 1 N–H and O–H groups in total. The lowest BCUT2D eigenvalue weighted by atomic mass is 9.96.